The van der Waals surface area contributed by atoms with Crippen LogP contribution < -0.4 is 10.0 Å². The molecule has 0 aliphatic carbocycles. The smallest absolute Gasteiger partial charge is 0.280 e. The van der Waals surface area contributed by atoms with Gasteiger partial charge in [-0.2, -0.15) is 12.7 Å². The fourth-order valence-corrected chi connectivity index (χ4v) is 3.73. The number of hydrogen-bond acceptors (Lipinski definition) is 3. The molecule has 0 amide bonds. The summed E-state index contributed by atoms with van der Waals surface area (Å²) in [5.41, 5.74) is 0. The normalized spacial score (nSPS) is 28.6. The molecule has 1 rings (SSSR count). The second-order valence-electron chi connectivity index (χ2n) is 4.93. The molecule has 1 aliphatic heterocycles. The molecule has 16 heavy (non-hydrogen) atoms. The van der Waals surface area contributed by atoms with Crippen LogP contribution in [0.3, 0.4) is 0 Å². The predicted molar refractivity (Wildman–Crippen MR) is 65.4 cm³/mol. The van der Waals surface area contributed by atoms with Gasteiger partial charge in [0.2, 0.25) is 0 Å². The molecule has 0 aromatic rings. The van der Waals surface area contributed by atoms with Gasteiger partial charge in [-0.1, -0.05) is 13.8 Å². The van der Waals surface area contributed by atoms with E-state index < -0.39 is 10.2 Å². The van der Waals surface area contributed by atoms with Crippen LogP contribution in [0.4, 0.5) is 0 Å². The van der Waals surface area contributed by atoms with Crippen LogP contribution >= 0.6 is 0 Å². The Morgan fingerprint density at radius 3 is 2.25 bits per heavy atom. The molecule has 5 nitrogen and oxygen atoms in total. The summed E-state index contributed by atoms with van der Waals surface area (Å²) < 4.78 is 28.4. The van der Waals surface area contributed by atoms with E-state index in [0.29, 0.717) is 25.6 Å². The van der Waals surface area contributed by atoms with E-state index in [1.54, 1.807) is 4.31 Å². The topological polar surface area (TPSA) is 61.4 Å². The molecule has 0 saturated carbocycles. The average molecular weight is 249 g/mol. The van der Waals surface area contributed by atoms with E-state index in [1.165, 1.54) is 0 Å². The van der Waals surface area contributed by atoms with Gasteiger partial charge in [-0.15, -0.1) is 0 Å². The lowest BCUT2D eigenvalue weighted by Gasteiger charge is -2.38. The summed E-state index contributed by atoms with van der Waals surface area (Å²) in [6.45, 7) is 9.76. The van der Waals surface area contributed by atoms with Crippen molar-refractivity contribution in [3.05, 3.63) is 0 Å². The molecule has 1 saturated heterocycles. The molecule has 2 N–H and O–H groups in total. The largest absolute Gasteiger partial charge is 0.314 e. The van der Waals surface area contributed by atoms with Gasteiger partial charge in [-0.05, 0) is 19.8 Å². The summed E-state index contributed by atoms with van der Waals surface area (Å²) in [5.74, 6) is 0.323. The quantitative estimate of drug-likeness (QED) is 0.746. The molecule has 1 aliphatic rings. The molecule has 2 atom stereocenters. The van der Waals surface area contributed by atoms with Crippen LogP contribution in [-0.2, 0) is 10.2 Å². The molecular formula is C10H23N3O2S. The van der Waals surface area contributed by atoms with Gasteiger partial charge in [0.05, 0.1) is 0 Å². The van der Waals surface area contributed by atoms with Crippen molar-refractivity contribution >= 4 is 10.2 Å². The van der Waals surface area contributed by atoms with E-state index in [2.05, 4.69) is 10.0 Å². The van der Waals surface area contributed by atoms with Crippen LogP contribution in [0, 0.1) is 5.92 Å². The molecular weight excluding hydrogens is 226 g/mol. The Hall–Kier alpha value is -0.170. The summed E-state index contributed by atoms with van der Waals surface area (Å²) in [6, 6.07) is 0.0156. The molecule has 0 radical (unpaired) electrons. The Balaban J connectivity index is 2.72. The summed E-state index contributed by atoms with van der Waals surface area (Å²) in [6.07, 6.45) is 0. The molecule has 1 heterocycles. The van der Waals surface area contributed by atoms with Gasteiger partial charge in [0.15, 0.2) is 0 Å². The van der Waals surface area contributed by atoms with E-state index in [9.17, 15) is 8.42 Å². The highest BCUT2D eigenvalue weighted by Crippen LogP contribution is 2.14. The molecule has 2 unspecified atom stereocenters. The lowest BCUT2D eigenvalue weighted by molar-refractivity contribution is 0.217. The zero-order valence-electron chi connectivity index (χ0n) is 10.5. The molecule has 0 aromatic heterocycles. The minimum atomic E-state index is -3.33. The fourth-order valence-electron chi connectivity index (χ4n) is 1.94. The number of rotatable bonds is 4. The molecule has 1 fully saturated rings. The SMILES string of the molecule is CC(C)CNS(=O)(=O)N1C(C)CNCC1C. The van der Waals surface area contributed by atoms with Gasteiger partial charge in [-0.25, -0.2) is 4.72 Å². The number of nitrogens with one attached hydrogen (secondary N) is 2. The second kappa shape index (κ2) is 5.44. The van der Waals surface area contributed by atoms with Crippen LogP contribution in [0.2, 0.25) is 0 Å². The average Bonchev–Trinajstić information content (AvgIpc) is 2.14. The summed E-state index contributed by atoms with van der Waals surface area (Å²) in [7, 11) is -3.33. The maximum absolute atomic E-state index is 12.1. The van der Waals surface area contributed by atoms with Crippen molar-refractivity contribution in [3.8, 4) is 0 Å². The molecule has 6 heteroatoms. The molecule has 0 spiro atoms. The zero-order chi connectivity index (χ0) is 12.3. The van der Waals surface area contributed by atoms with Gasteiger partial charge >= 0.3 is 0 Å². The zero-order valence-corrected chi connectivity index (χ0v) is 11.3. The van der Waals surface area contributed by atoms with Crippen molar-refractivity contribution in [2.24, 2.45) is 5.92 Å². The van der Waals surface area contributed by atoms with Crippen molar-refractivity contribution in [1.29, 1.82) is 0 Å². The number of piperazine rings is 1. The minimum absolute atomic E-state index is 0.00779. The highest BCUT2D eigenvalue weighted by Gasteiger charge is 2.34. The summed E-state index contributed by atoms with van der Waals surface area (Å²) in [5, 5.41) is 3.22. The van der Waals surface area contributed by atoms with Crippen LogP contribution in [0.15, 0.2) is 0 Å². The van der Waals surface area contributed by atoms with Crippen molar-refractivity contribution in [3.63, 3.8) is 0 Å². The standard InChI is InChI=1S/C10H23N3O2S/c1-8(2)5-12-16(14,15)13-9(3)6-11-7-10(13)4/h8-12H,5-7H2,1-4H3. The van der Waals surface area contributed by atoms with Crippen LogP contribution in [0.1, 0.15) is 27.7 Å². The third-order valence-corrected chi connectivity index (χ3v) is 4.51. The first-order valence-corrected chi connectivity index (χ1v) is 7.27. The van der Waals surface area contributed by atoms with E-state index in [0.717, 1.165) is 0 Å². The highest BCUT2D eigenvalue weighted by atomic mass is 32.2. The Labute approximate surface area is 98.8 Å². The monoisotopic (exact) mass is 249 g/mol. The maximum atomic E-state index is 12.1. The molecule has 0 aromatic carbocycles. The van der Waals surface area contributed by atoms with Gasteiger partial charge in [0.1, 0.15) is 0 Å². The van der Waals surface area contributed by atoms with Crippen molar-refractivity contribution in [1.82, 2.24) is 14.3 Å². The number of hydrogen-bond donors (Lipinski definition) is 2. The summed E-state index contributed by atoms with van der Waals surface area (Å²) in [4.78, 5) is 0. The van der Waals surface area contributed by atoms with E-state index in [4.69, 9.17) is 0 Å². The third kappa shape index (κ3) is 3.41. The third-order valence-electron chi connectivity index (χ3n) is 2.70. The first-order chi connectivity index (χ1) is 7.34. The van der Waals surface area contributed by atoms with Crippen molar-refractivity contribution < 1.29 is 8.42 Å². The summed E-state index contributed by atoms with van der Waals surface area (Å²) >= 11 is 0. The lowest BCUT2D eigenvalue weighted by atomic mass is 10.2. The molecule has 96 valence electrons. The predicted octanol–water partition coefficient (Wildman–Crippen LogP) is 0.159. The van der Waals surface area contributed by atoms with Gasteiger partial charge in [0.25, 0.3) is 10.2 Å². The van der Waals surface area contributed by atoms with Crippen LogP contribution in [0.25, 0.3) is 0 Å². The Bertz CT molecular complexity index is 306. The van der Waals surface area contributed by atoms with Crippen molar-refractivity contribution in [2.45, 2.75) is 39.8 Å². The maximum Gasteiger partial charge on any atom is 0.280 e. The van der Waals surface area contributed by atoms with Crippen molar-refractivity contribution in [2.75, 3.05) is 19.6 Å². The van der Waals surface area contributed by atoms with E-state index >= 15 is 0 Å². The van der Waals surface area contributed by atoms with Gasteiger partial charge < -0.3 is 5.32 Å². The lowest BCUT2D eigenvalue weighted by Crippen LogP contribution is -2.59. The Morgan fingerprint density at radius 1 is 1.31 bits per heavy atom. The van der Waals surface area contributed by atoms with E-state index in [-0.39, 0.29) is 12.1 Å². The first-order valence-electron chi connectivity index (χ1n) is 5.83. The van der Waals surface area contributed by atoms with E-state index in [1.807, 2.05) is 27.7 Å². The Morgan fingerprint density at radius 2 is 1.81 bits per heavy atom. The van der Waals surface area contributed by atoms with Gasteiger partial charge in [-0.3, -0.25) is 0 Å². The second-order valence-corrected chi connectivity index (χ2v) is 6.59. The minimum Gasteiger partial charge on any atom is -0.314 e. The van der Waals surface area contributed by atoms with Gasteiger partial charge in [0, 0.05) is 31.7 Å². The van der Waals surface area contributed by atoms with Crippen LogP contribution in [0.5, 0.6) is 0 Å². The Kier molecular flexibility index (Phi) is 4.73. The molecule has 0 bridgehead atoms. The highest BCUT2D eigenvalue weighted by molar-refractivity contribution is 7.87. The first kappa shape index (κ1) is 13.9. The fraction of sp³-hybridized carbons (Fsp3) is 1.00. The van der Waals surface area contributed by atoms with Crippen LogP contribution in [-0.4, -0.2) is 44.4 Å². The number of nitrogens with zero attached hydrogens (tertiary/aromatic N) is 1.